The van der Waals surface area contributed by atoms with Crippen molar-refractivity contribution in [3.8, 4) is 0 Å². The average Bonchev–Trinajstić information content (AvgIpc) is 2.31. The summed E-state index contributed by atoms with van der Waals surface area (Å²) in [6, 6.07) is -0.542. The molecule has 0 aromatic carbocycles. The van der Waals surface area contributed by atoms with E-state index < -0.39 is 12.0 Å². The molecule has 3 atom stereocenters. The molecular weight excluding hydrogens is 244 g/mol. The molecule has 0 aliphatic rings. The Hall–Kier alpha value is -1.10. The molecule has 0 bridgehead atoms. The molecule has 0 aliphatic carbocycles. The highest BCUT2D eigenvalue weighted by atomic mass is 16.4. The molecule has 0 heterocycles. The van der Waals surface area contributed by atoms with Crippen LogP contribution < -0.4 is 11.1 Å². The summed E-state index contributed by atoms with van der Waals surface area (Å²) >= 11 is 0. The lowest BCUT2D eigenvalue weighted by atomic mass is 9.83. The van der Waals surface area contributed by atoms with Crippen LogP contribution in [0.5, 0.6) is 0 Å². The molecule has 0 aromatic rings. The Kier molecular flexibility index (Phi) is 7.68. The highest BCUT2D eigenvalue weighted by Gasteiger charge is 2.25. The van der Waals surface area contributed by atoms with Crippen molar-refractivity contribution in [3.05, 3.63) is 0 Å². The van der Waals surface area contributed by atoms with Crippen LogP contribution in [0.2, 0.25) is 0 Å². The number of aliphatic carboxylic acids is 1. The fraction of sp³-hybridized carbons (Fsp3) is 0.857. The van der Waals surface area contributed by atoms with Gasteiger partial charge in [0.25, 0.3) is 0 Å². The summed E-state index contributed by atoms with van der Waals surface area (Å²) in [5, 5.41) is 11.7. The molecule has 0 aliphatic heterocycles. The average molecular weight is 272 g/mol. The third-order valence-electron chi connectivity index (χ3n) is 3.79. The standard InChI is InChI=1S/C14H28N2O3/c1-8(2)10(5)11(6-12(17)18)7-16-14(19)13(15)9(3)4/h8-11,13H,6-7,15H2,1-5H3,(H,16,19)(H,17,18)/t10?,11?,13-/m0/s1. The largest absolute Gasteiger partial charge is 0.481 e. The summed E-state index contributed by atoms with van der Waals surface area (Å²) in [5.41, 5.74) is 5.76. The lowest BCUT2D eigenvalue weighted by Crippen LogP contribution is -2.46. The smallest absolute Gasteiger partial charge is 0.303 e. The van der Waals surface area contributed by atoms with Crippen LogP contribution in [0.4, 0.5) is 0 Å². The van der Waals surface area contributed by atoms with Crippen LogP contribution in [0.15, 0.2) is 0 Å². The van der Waals surface area contributed by atoms with Crippen LogP contribution in [0.1, 0.15) is 41.0 Å². The third-order valence-corrected chi connectivity index (χ3v) is 3.79. The zero-order chi connectivity index (χ0) is 15.2. The topological polar surface area (TPSA) is 92.4 Å². The molecular formula is C14H28N2O3. The first kappa shape index (κ1) is 17.9. The van der Waals surface area contributed by atoms with E-state index in [4.69, 9.17) is 10.8 Å². The minimum Gasteiger partial charge on any atom is -0.481 e. The summed E-state index contributed by atoms with van der Waals surface area (Å²) in [7, 11) is 0. The van der Waals surface area contributed by atoms with Gasteiger partial charge in [-0.3, -0.25) is 9.59 Å². The second kappa shape index (κ2) is 8.15. The van der Waals surface area contributed by atoms with E-state index in [0.717, 1.165) is 0 Å². The van der Waals surface area contributed by atoms with E-state index in [0.29, 0.717) is 12.5 Å². The molecule has 0 radical (unpaired) electrons. The lowest BCUT2D eigenvalue weighted by molar-refractivity contribution is -0.139. The Balaban J connectivity index is 4.49. The van der Waals surface area contributed by atoms with Crippen molar-refractivity contribution in [1.29, 1.82) is 0 Å². The Labute approximate surface area is 115 Å². The number of carbonyl (C=O) groups is 2. The van der Waals surface area contributed by atoms with Gasteiger partial charge in [0.15, 0.2) is 0 Å². The molecule has 0 spiro atoms. The molecule has 0 saturated heterocycles. The first-order chi connectivity index (χ1) is 8.66. The molecule has 2 unspecified atom stereocenters. The Morgan fingerprint density at radius 2 is 1.63 bits per heavy atom. The van der Waals surface area contributed by atoms with Gasteiger partial charge in [-0.05, 0) is 23.7 Å². The van der Waals surface area contributed by atoms with Gasteiger partial charge in [-0.1, -0.05) is 34.6 Å². The SMILES string of the molecule is CC(C)C(C)C(CNC(=O)[C@@H](N)C(C)C)CC(=O)O. The summed E-state index contributed by atoms with van der Waals surface area (Å²) in [5.74, 6) is -0.436. The third kappa shape index (κ3) is 6.57. The first-order valence-corrected chi connectivity index (χ1v) is 6.91. The van der Waals surface area contributed by atoms with E-state index >= 15 is 0 Å². The highest BCUT2D eigenvalue weighted by molar-refractivity contribution is 5.81. The fourth-order valence-electron chi connectivity index (χ4n) is 1.86. The Bertz CT molecular complexity index is 303. The maximum atomic E-state index is 11.8. The summed E-state index contributed by atoms with van der Waals surface area (Å²) in [6.45, 7) is 10.3. The second-order valence-electron chi connectivity index (χ2n) is 5.98. The minimum absolute atomic E-state index is 0.0660. The highest BCUT2D eigenvalue weighted by Crippen LogP contribution is 2.23. The van der Waals surface area contributed by atoms with Gasteiger partial charge in [0, 0.05) is 6.54 Å². The molecule has 0 aromatic heterocycles. The summed E-state index contributed by atoms with van der Waals surface area (Å²) < 4.78 is 0. The van der Waals surface area contributed by atoms with Crippen LogP contribution in [0.25, 0.3) is 0 Å². The van der Waals surface area contributed by atoms with Gasteiger partial charge in [-0.2, -0.15) is 0 Å². The van der Waals surface area contributed by atoms with Crippen molar-refractivity contribution < 1.29 is 14.7 Å². The van der Waals surface area contributed by atoms with Crippen molar-refractivity contribution in [2.75, 3.05) is 6.54 Å². The number of carbonyl (C=O) groups excluding carboxylic acids is 1. The van der Waals surface area contributed by atoms with Gasteiger partial charge in [-0.15, -0.1) is 0 Å². The number of nitrogens with one attached hydrogen (secondary N) is 1. The molecule has 5 nitrogen and oxygen atoms in total. The number of hydrogen-bond acceptors (Lipinski definition) is 3. The van der Waals surface area contributed by atoms with Crippen LogP contribution in [0, 0.1) is 23.7 Å². The number of carboxylic acid groups (broad SMARTS) is 1. The van der Waals surface area contributed by atoms with Gasteiger partial charge in [-0.25, -0.2) is 0 Å². The molecule has 0 rings (SSSR count). The monoisotopic (exact) mass is 272 g/mol. The van der Waals surface area contributed by atoms with Crippen molar-refractivity contribution >= 4 is 11.9 Å². The number of hydrogen-bond donors (Lipinski definition) is 3. The number of rotatable bonds is 8. The zero-order valence-electron chi connectivity index (χ0n) is 12.6. The fourth-order valence-corrected chi connectivity index (χ4v) is 1.86. The maximum Gasteiger partial charge on any atom is 0.303 e. The molecule has 112 valence electrons. The van der Waals surface area contributed by atoms with Gasteiger partial charge < -0.3 is 16.2 Å². The van der Waals surface area contributed by atoms with Crippen molar-refractivity contribution in [2.24, 2.45) is 29.4 Å². The van der Waals surface area contributed by atoms with E-state index in [9.17, 15) is 9.59 Å². The molecule has 1 amide bonds. The van der Waals surface area contributed by atoms with E-state index in [2.05, 4.69) is 19.2 Å². The Morgan fingerprint density at radius 1 is 1.11 bits per heavy atom. The van der Waals surface area contributed by atoms with Crippen molar-refractivity contribution in [3.63, 3.8) is 0 Å². The summed E-state index contributed by atoms with van der Waals surface area (Å²) in [6.07, 6.45) is 0.0660. The van der Waals surface area contributed by atoms with E-state index in [1.165, 1.54) is 0 Å². The van der Waals surface area contributed by atoms with Gasteiger partial charge in [0.05, 0.1) is 12.5 Å². The van der Waals surface area contributed by atoms with Gasteiger partial charge in [0.1, 0.15) is 0 Å². The number of nitrogens with two attached hydrogens (primary N) is 1. The maximum absolute atomic E-state index is 11.8. The van der Waals surface area contributed by atoms with E-state index in [1.807, 2.05) is 20.8 Å². The van der Waals surface area contributed by atoms with Gasteiger partial charge >= 0.3 is 5.97 Å². The summed E-state index contributed by atoms with van der Waals surface area (Å²) in [4.78, 5) is 22.7. The predicted molar refractivity (Wildman–Crippen MR) is 75.6 cm³/mol. The quantitative estimate of drug-likeness (QED) is 0.624. The van der Waals surface area contributed by atoms with Crippen LogP contribution in [0.3, 0.4) is 0 Å². The van der Waals surface area contributed by atoms with Crippen LogP contribution in [-0.2, 0) is 9.59 Å². The zero-order valence-corrected chi connectivity index (χ0v) is 12.6. The van der Waals surface area contributed by atoms with Gasteiger partial charge in [0.2, 0.25) is 5.91 Å². The van der Waals surface area contributed by atoms with Crippen LogP contribution in [-0.4, -0.2) is 29.6 Å². The number of carboxylic acids is 1. The minimum atomic E-state index is -0.833. The molecule has 19 heavy (non-hydrogen) atoms. The lowest BCUT2D eigenvalue weighted by Gasteiger charge is -2.27. The van der Waals surface area contributed by atoms with Crippen molar-refractivity contribution in [1.82, 2.24) is 5.32 Å². The molecule has 0 fully saturated rings. The van der Waals surface area contributed by atoms with Crippen molar-refractivity contribution in [2.45, 2.75) is 47.1 Å². The van der Waals surface area contributed by atoms with E-state index in [-0.39, 0.29) is 30.1 Å². The molecule has 4 N–H and O–H groups in total. The predicted octanol–water partition coefficient (Wildman–Crippen LogP) is 1.47. The second-order valence-corrected chi connectivity index (χ2v) is 5.98. The first-order valence-electron chi connectivity index (χ1n) is 6.91. The number of amides is 1. The van der Waals surface area contributed by atoms with Crippen LogP contribution >= 0.6 is 0 Å². The molecule has 5 heteroatoms. The normalized spacial score (nSPS) is 16.2. The molecule has 0 saturated carbocycles. The Morgan fingerprint density at radius 3 is 2.00 bits per heavy atom. The van der Waals surface area contributed by atoms with E-state index in [1.54, 1.807) is 0 Å².